The summed E-state index contributed by atoms with van der Waals surface area (Å²) >= 11 is 1.68. The number of aliphatic hydroxyl groups excluding tert-OH is 1. The van der Waals surface area contributed by atoms with Crippen molar-refractivity contribution in [3.05, 3.63) is 29.8 Å². The zero-order valence-corrected chi connectivity index (χ0v) is 12.2. The Kier molecular flexibility index (Phi) is 5.43. The van der Waals surface area contributed by atoms with Gasteiger partial charge in [-0.2, -0.15) is 0 Å². The van der Waals surface area contributed by atoms with Crippen molar-refractivity contribution in [1.29, 1.82) is 0 Å². The van der Waals surface area contributed by atoms with Gasteiger partial charge >= 0.3 is 0 Å². The van der Waals surface area contributed by atoms with Crippen molar-refractivity contribution in [2.75, 3.05) is 32.5 Å². The van der Waals surface area contributed by atoms with E-state index in [0.717, 1.165) is 31.5 Å². The Morgan fingerprint density at radius 2 is 2.16 bits per heavy atom. The summed E-state index contributed by atoms with van der Waals surface area (Å²) in [6.45, 7) is 2.66. The molecule has 1 unspecified atom stereocenters. The highest BCUT2D eigenvalue weighted by atomic mass is 32.2. The number of hydrogen-bond acceptors (Lipinski definition) is 4. The van der Waals surface area contributed by atoms with E-state index in [1.165, 1.54) is 4.90 Å². The van der Waals surface area contributed by atoms with Gasteiger partial charge in [-0.3, -0.25) is 9.69 Å². The number of hydrogen-bond donors (Lipinski definition) is 1. The molecule has 4 heteroatoms. The molecule has 1 atom stereocenters. The van der Waals surface area contributed by atoms with Crippen LogP contribution in [0.1, 0.15) is 23.2 Å². The van der Waals surface area contributed by atoms with E-state index in [4.69, 9.17) is 5.11 Å². The van der Waals surface area contributed by atoms with E-state index in [9.17, 15) is 4.79 Å². The molecular weight excluding hydrogens is 258 g/mol. The van der Waals surface area contributed by atoms with Crippen molar-refractivity contribution in [2.24, 2.45) is 5.92 Å². The first-order valence-electron chi connectivity index (χ1n) is 6.73. The molecule has 19 heavy (non-hydrogen) atoms. The summed E-state index contributed by atoms with van der Waals surface area (Å²) in [5.41, 5.74) is 0.795. The Morgan fingerprint density at radius 3 is 2.79 bits per heavy atom. The number of aliphatic hydroxyl groups is 1. The average molecular weight is 279 g/mol. The normalized spacial score (nSPS) is 19.8. The Morgan fingerprint density at radius 1 is 1.42 bits per heavy atom. The molecule has 0 radical (unpaired) electrons. The number of thioether (sulfide) groups is 1. The second-order valence-electron chi connectivity index (χ2n) is 5.05. The van der Waals surface area contributed by atoms with Crippen LogP contribution in [0.2, 0.25) is 0 Å². The van der Waals surface area contributed by atoms with Crippen molar-refractivity contribution in [3.8, 4) is 0 Å². The van der Waals surface area contributed by atoms with Gasteiger partial charge in [0.2, 0.25) is 0 Å². The highest BCUT2D eigenvalue weighted by Crippen LogP contribution is 2.20. The van der Waals surface area contributed by atoms with Crippen LogP contribution >= 0.6 is 11.8 Å². The lowest BCUT2D eigenvalue weighted by molar-refractivity contribution is 0.0942. The summed E-state index contributed by atoms with van der Waals surface area (Å²) in [6, 6.07) is 7.82. The third-order valence-corrected chi connectivity index (χ3v) is 4.43. The maximum absolute atomic E-state index is 12.2. The van der Waals surface area contributed by atoms with E-state index in [-0.39, 0.29) is 12.4 Å². The number of likely N-dealkylation sites (tertiary alicyclic amines) is 1. The third kappa shape index (κ3) is 4.06. The van der Waals surface area contributed by atoms with Gasteiger partial charge in [-0.15, -0.1) is 11.8 Å². The highest BCUT2D eigenvalue weighted by Gasteiger charge is 2.23. The smallest absolute Gasteiger partial charge is 0.176 e. The van der Waals surface area contributed by atoms with Crippen molar-refractivity contribution >= 4 is 17.5 Å². The number of rotatable bonds is 6. The number of ketones is 1. The highest BCUT2D eigenvalue weighted by molar-refractivity contribution is 7.98. The van der Waals surface area contributed by atoms with Gasteiger partial charge in [-0.25, -0.2) is 0 Å². The van der Waals surface area contributed by atoms with E-state index in [0.29, 0.717) is 12.5 Å². The summed E-state index contributed by atoms with van der Waals surface area (Å²) in [5, 5.41) is 8.93. The minimum absolute atomic E-state index is 0.192. The number of carbonyl (C=O) groups excluding carboxylic acids is 1. The molecule has 0 amide bonds. The Hall–Kier alpha value is -0.840. The minimum atomic E-state index is 0.192. The van der Waals surface area contributed by atoms with E-state index in [1.54, 1.807) is 11.8 Å². The zero-order chi connectivity index (χ0) is 13.7. The van der Waals surface area contributed by atoms with Crippen molar-refractivity contribution in [2.45, 2.75) is 17.7 Å². The van der Waals surface area contributed by atoms with Gasteiger partial charge in [0.15, 0.2) is 5.78 Å². The second-order valence-corrected chi connectivity index (χ2v) is 5.93. The van der Waals surface area contributed by atoms with Gasteiger partial charge in [0.1, 0.15) is 0 Å². The van der Waals surface area contributed by atoms with Gasteiger partial charge < -0.3 is 5.11 Å². The first kappa shape index (κ1) is 14.6. The lowest BCUT2D eigenvalue weighted by Crippen LogP contribution is -2.28. The molecule has 0 spiro atoms. The Bertz CT molecular complexity index is 419. The van der Waals surface area contributed by atoms with Crippen LogP contribution in [-0.4, -0.2) is 48.3 Å². The van der Waals surface area contributed by atoms with Crippen LogP contribution in [-0.2, 0) is 0 Å². The van der Waals surface area contributed by atoms with Crippen LogP contribution in [0.15, 0.2) is 29.2 Å². The van der Waals surface area contributed by atoms with Gasteiger partial charge in [0, 0.05) is 23.6 Å². The molecule has 0 bridgehead atoms. The molecule has 1 saturated heterocycles. The third-order valence-electron chi connectivity index (χ3n) is 3.69. The SMILES string of the molecule is CSc1ccc(C(=O)CN2CCC(CCO)C2)cc1. The molecule has 1 heterocycles. The molecule has 0 saturated carbocycles. The molecule has 1 aromatic carbocycles. The molecule has 1 N–H and O–H groups in total. The van der Waals surface area contributed by atoms with Crippen LogP contribution in [0.4, 0.5) is 0 Å². The lowest BCUT2D eigenvalue weighted by Gasteiger charge is -2.14. The van der Waals surface area contributed by atoms with E-state index >= 15 is 0 Å². The molecule has 104 valence electrons. The molecule has 0 aliphatic carbocycles. The molecule has 0 aromatic heterocycles. The summed E-state index contributed by atoms with van der Waals surface area (Å²) in [6.07, 6.45) is 3.98. The standard InChI is InChI=1S/C15H21NO2S/c1-19-14-4-2-13(3-5-14)15(18)11-16-8-6-12(10-16)7-9-17/h2-5,12,17H,6-11H2,1H3. The van der Waals surface area contributed by atoms with Crippen molar-refractivity contribution in [1.82, 2.24) is 4.90 Å². The molecule has 1 aliphatic rings. The Balaban J connectivity index is 1.87. The number of carbonyl (C=O) groups is 1. The number of nitrogens with zero attached hydrogens (tertiary/aromatic N) is 1. The fourth-order valence-electron chi connectivity index (χ4n) is 2.55. The molecular formula is C15H21NO2S. The molecule has 1 fully saturated rings. The van der Waals surface area contributed by atoms with Crippen molar-refractivity contribution in [3.63, 3.8) is 0 Å². The quantitative estimate of drug-likeness (QED) is 0.641. The zero-order valence-electron chi connectivity index (χ0n) is 11.3. The summed E-state index contributed by atoms with van der Waals surface area (Å²) in [4.78, 5) is 15.5. The van der Waals surface area contributed by atoms with Crippen molar-refractivity contribution < 1.29 is 9.90 Å². The summed E-state index contributed by atoms with van der Waals surface area (Å²) in [5.74, 6) is 0.744. The molecule has 1 aliphatic heterocycles. The monoisotopic (exact) mass is 279 g/mol. The van der Waals surface area contributed by atoms with Crippen LogP contribution in [0.5, 0.6) is 0 Å². The number of Topliss-reactive ketones (excluding diaryl/α,β-unsaturated/α-hetero) is 1. The van der Waals surface area contributed by atoms with Crippen LogP contribution in [0.3, 0.4) is 0 Å². The fraction of sp³-hybridized carbons (Fsp3) is 0.533. The minimum Gasteiger partial charge on any atom is -0.396 e. The summed E-state index contributed by atoms with van der Waals surface area (Å²) < 4.78 is 0. The lowest BCUT2D eigenvalue weighted by atomic mass is 10.1. The van der Waals surface area contributed by atoms with E-state index in [2.05, 4.69) is 4.90 Å². The molecule has 2 rings (SSSR count). The maximum Gasteiger partial charge on any atom is 0.176 e. The number of benzene rings is 1. The predicted molar refractivity (Wildman–Crippen MR) is 78.8 cm³/mol. The van der Waals surface area contributed by atoms with Gasteiger partial charge in [-0.05, 0) is 43.7 Å². The molecule has 3 nitrogen and oxygen atoms in total. The first-order chi connectivity index (χ1) is 9.22. The largest absolute Gasteiger partial charge is 0.396 e. The van der Waals surface area contributed by atoms with Gasteiger partial charge in [-0.1, -0.05) is 12.1 Å². The van der Waals surface area contributed by atoms with Crippen LogP contribution in [0, 0.1) is 5.92 Å². The first-order valence-corrected chi connectivity index (χ1v) is 7.96. The van der Waals surface area contributed by atoms with Gasteiger partial charge in [0.25, 0.3) is 0 Å². The van der Waals surface area contributed by atoms with Gasteiger partial charge in [0.05, 0.1) is 6.54 Å². The topological polar surface area (TPSA) is 40.5 Å². The van der Waals surface area contributed by atoms with Crippen LogP contribution < -0.4 is 0 Å². The summed E-state index contributed by atoms with van der Waals surface area (Å²) in [7, 11) is 0. The fourth-order valence-corrected chi connectivity index (χ4v) is 2.95. The average Bonchev–Trinajstić information content (AvgIpc) is 2.86. The van der Waals surface area contributed by atoms with Crippen LogP contribution in [0.25, 0.3) is 0 Å². The van der Waals surface area contributed by atoms with E-state index < -0.39 is 0 Å². The van der Waals surface area contributed by atoms with E-state index in [1.807, 2.05) is 30.5 Å². The molecule has 1 aromatic rings. The second kappa shape index (κ2) is 7.08. The Labute approximate surface area is 119 Å². The predicted octanol–water partition coefficient (Wildman–Crippen LogP) is 2.30. The maximum atomic E-state index is 12.2.